The molecule has 0 bridgehead atoms. The molecule has 0 atom stereocenters. The van der Waals surface area contributed by atoms with Gasteiger partial charge in [-0.2, -0.15) is 10.2 Å². The maximum atomic E-state index is 14.1. The fourth-order valence-electron chi connectivity index (χ4n) is 12.3. The number of fused-ring (bicyclic) bond motifs is 2. The van der Waals surface area contributed by atoms with Crippen molar-refractivity contribution in [3.63, 3.8) is 0 Å². The largest absolute Gasteiger partial charge is 0.496 e. The molecule has 4 aromatic carbocycles. The molecule has 4 aliphatic heterocycles. The summed E-state index contributed by atoms with van der Waals surface area (Å²) in [7, 11) is 7.78. The van der Waals surface area contributed by atoms with E-state index in [9.17, 15) is 4.39 Å². The van der Waals surface area contributed by atoms with Crippen LogP contribution in [0.4, 0.5) is 27.4 Å². The van der Waals surface area contributed by atoms with E-state index in [1.807, 2.05) is 42.5 Å². The summed E-state index contributed by atoms with van der Waals surface area (Å²) in [5.41, 5.74) is 21.1. The van der Waals surface area contributed by atoms with Crippen LogP contribution in [0.3, 0.4) is 0 Å². The topological polar surface area (TPSA) is 232 Å². The quantitative estimate of drug-likeness (QED) is 0.0682. The van der Waals surface area contributed by atoms with Crippen molar-refractivity contribution in [1.82, 2.24) is 59.1 Å². The number of carboxylic acid groups (broad SMARTS) is 1. The van der Waals surface area contributed by atoms with Crippen LogP contribution >= 0.6 is 11.6 Å². The molecular weight excluding hydrogens is 1090 g/mol. The molecule has 0 saturated carbocycles. The Kier molecular flexibility index (Phi) is 19.4. The van der Waals surface area contributed by atoms with Crippen molar-refractivity contribution < 1.29 is 23.8 Å². The van der Waals surface area contributed by atoms with E-state index in [1.54, 1.807) is 32.7 Å². The van der Waals surface area contributed by atoms with E-state index in [-0.39, 0.29) is 11.9 Å². The SMILES string of the molecule is CC(=O)O.CN1CCC(N2CCC(n3nc(-c4ccc(NCc5c(F)cccc5Cl)cc4)c4c(N)ncnc43)CC2)CC1.COc1cccc(OC)c1CNc1ccc(-c2nn(C3CCN(C4CCN(C)CC4)CC3)c3ncnc(N)c23)cc1. The van der Waals surface area contributed by atoms with E-state index >= 15 is 0 Å². The monoisotopic (exact) mass is 1160 g/mol. The molecule has 8 heterocycles. The van der Waals surface area contributed by atoms with Gasteiger partial charge in [-0.3, -0.25) is 4.79 Å². The highest BCUT2D eigenvalue weighted by Crippen LogP contribution is 2.38. The second-order valence-corrected chi connectivity index (χ2v) is 22.7. The molecule has 4 fully saturated rings. The Bertz CT molecular complexity index is 3430. The second-order valence-electron chi connectivity index (χ2n) is 22.3. The third-order valence-corrected chi connectivity index (χ3v) is 17.3. The first-order valence-electron chi connectivity index (χ1n) is 29.1. The summed E-state index contributed by atoms with van der Waals surface area (Å²) in [5.74, 6) is 1.32. The number of anilines is 4. The van der Waals surface area contributed by atoms with Gasteiger partial charge < -0.3 is 56.3 Å². The van der Waals surface area contributed by atoms with Crippen LogP contribution in [0.2, 0.25) is 5.02 Å². The lowest BCUT2D eigenvalue weighted by Crippen LogP contribution is -2.47. The Hall–Kier alpha value is -7.69. The molecule has 7 N–H and O–H groups in total. The number of carbonyl (C=O) groups is 1. The average molecular weight is 1170 g/mol. The van der Waals surface area contributed by atoms with Gasteiger partial charge in [-0.1, -0.05) is 48.0 Å². The lowest BCUT2D eigenvalue weighted by Gasteiger charge is -2.41. The van der Waals surface area contributed by atoms with Crippen molar-refractivity contribution in [2.45, 2.75) is 95.5 Å². The van der Waals surface area contributed by atoms with Gasteiger partial charge in [0.25, 0.3) is 5.97 Å². The summed E-state index contributed by atoms with van der Waals surface area (Å²) in [6.45, 7) is 11.0. The lowest BCUT2D eigenvalue weighted by molar-refractivity contribution is -0.134. The predicted octanol–water partition coefficient (Wildman–Crippen LogP) is 9.74. The van der Waals surface area contributed by atoms with E-state index in [2.05, 4.69) is 97.9 Å². The Morgan fingerprint density at radius 2 is 0.964 bits per heavy atom. The molecule has 20 nitrogen and oxygen atoms in total. The summed E-state index contributed by atoms with van der Waals surface area (Å²) in [4.78, 5) is 37.0. The van der Waals surface area contributed by atoms with Crippen LogP contribution < -0.4 is 31.6 Å². The number of piperidine rings is 4. The van der Waals surface area contributed by atoms with Crippen LogP contribution in [0, 0.1) is 5.82 Å². The first-order valence-corrected chi connectivity index (χ1v) is 29.5. The van der Waals surface area contributed by atoms with Crippen molar-refractivity contribution in [3.8, 4) is 34.0 Å². The van der Waals surface area contributed by atoms with Gasteiger partial charge in [0, 0.05) is 91.4 Å². The smallest absolute Gasteiger partial charge is 0.300 e. The highest BCUT2D eigenvalue weighted by molar-refractivity contribution is 6.31. The Morgan fingerprint density at radius 3 is 1.36 bits per heavy atom. The number of rotatable bonds is 14. The fraction of sp³-hybridized carbons (Fsp3) is 0.435. The Morgan fingerprint density at radius 1 is 0.583 bits per heavy atom. The molecule has 8 aromatic rings. The summed E-state index contributed by atoms with van der Waals surface area (Å²) >= 11 is 6.17. The number of benzene rings is 4. The van der Waals surface area contributed by atoms with Crippen LogP contribution in [-0.4, -0.2) is 163 Å². The molecule has 12 rings (SSSR count). The lowest BCUT2D eigenvalue weighted by atomic mass is 9.98. The molecule has 0 amide bonds. The number of halogens is 2. The number of aliphatic carboxylic acids is 1. The van der Waals surface area contributed by atoms with Crippen LogP contribution in [0.15, 0.2) is 97.6 Å². The average Bonchev–Trinajstić information content (AvgIpc) is 2.77. The molecule has 22 heteroatoms. The van der Waals surface area contributed by atoms with E-state index in [0.717, 1.165) is 132 Å². The maximum absolute atomic E-state index is 14.1. The van der Waals surface area contributed by atoms with Crippen molar-refractivity contribution in [1.29, 1.82) is 0 Å². The van der Waals surface area contributed by atoms with Gasteiger partial charge in [-0.25, -0.2) is 33.7 Å². The van der Waals surface area contributed by atoms with Gasteiger partial charge in [0.2, 0.25) is 0 Å². The minimum atomic E-state index is -0.833. The van der Waals surface area contributed by atoms with Gasteiger partial charge in [0.15, 0.2) is 11.3 Å². The number of methoxy groups -OCH3 is 2. The second kappa shape index (κ2) is 27.3. The van der Waals surface area contributed by atoms with Crippen molar-refractivity contribution in [3.05, 3.63) is 120 Å². The highest BCUT2D eigenvalue weighted by Gasteiger charge is 2.32. The van der Waals surface area contributed by atoms with E-state index in [1.165, 1.54) is 64.3 Å². The molecule has 4 aliphatic rings. The van der Waals surface area contributed by atoms with E-state index in [0.29, 0.717) is 53.4 Å². The zero-order valence-electron chi connectivity index (χ0n) is 48.7. The standard InChI is InChI=1S/C31H40N8O2.C29H34ClFN8.C2H4O2/c1-37-15-11-23(12-16-37)38-17-13-24(14-18-38)39-31-28(30(32)34-20-35-31)29(36-39)21-7-9-22(10-8-21)33-19-25-26(40-2)5-4-6-27(25)41-3;1-37-13-9-21(10-14-37)38-15-11-22(12-16-38)39-29-26(28(32)34-18-35-29)27(36-39)19-5-7-20(8-6-19)33-17-23-24(30)3-2-4-25(23)31;1-2(3)4/h4-10,20,23-24,33H,11-19H2,1-3H3,(H2,32,34,35);2-8,18,21-22,33H,9-17H2,1H3,(H2,32,34,35);1H3,(H,3,4). The van der Waals surface area contributed by atoms with Gasteiger partial charge in [0.05, 0.1) is 42.6 Å². The molecular formula is C62H78ClFN16O4. The number of nitrogens with zero attached hydrogens (tertiary/aromatic N) is 12. The van der Waals surface area contributed by atoms with Gasteiger partial charge in [-0.15, -0.1) is 0 Å². The van der Waals surface area contributed by atoms with Crippen molar-refractivity contribution >= 4 is 62.6 Å². The fourth-order valence-corrected chi connectivity index (χ4v) is 12.5. The molecule has 84 heavy (non-hydrogen) atoms. The number of carboxylic acids is 1. The molecule has 0 radical (unpaired) electrons. The zero-order valence-corrected chi connectivity index (χ0v) is 49.5. The normalized spacial score (nSPS) is 17.3. The third kappa shape index (κ3) is 13.8. The summed E-state index contributed by atoms with van der Waals surface area (Å²) in [6, 6.07) is 28.6. The van der Waals surface area contributed by atoms with Crippen LogP contribution in [0.5, 0.6) is 11.5 Å². The molecule has 0 aliphatic carbocycles. The molecule has 444 valence electrons. The number of likely N-dealkylation sites (tertiary alicyclic amines) is 4. The van der Waals surface area contributed by atoms with Crippen LogP contribution in [0.1, 0.15) is 81.5 Å². The molecule has 4 aromatic heterocycles. The van der Waals surface area contributed by atoms with Gasteiger partial charge in [-0.05, 0) is 140 Å². The summed E-state index contributed by atoms with van der Waals surface area (Å²) in [5, 5.41) is 26.3. The van der Waals surface area contributed by atoms with E-state index < -0.39 is 5.97 Å². The number of nitrogens with one attached hydrogen (secondary N) is 2. The minimum Gasteiger partial charge on any atom is -0.496 e. The number of aromatic nitrogens is 8. The Balaban J connectivity index is 0.000000176. The summed E-state index contributed by atoms with van der Waals surface area (Å²) < 4.78 is 29.4. The minimum absolute atomic E-state index is 0.268. The molecule has 0 spiro atoms. The number of hydrogen-bond donors (Lipinski definition) is 5. The number of nitrogen functional groups attached to an aromatic ring is 2. The number of hydrogen-bond acceptors (Lipinski definition) is 17. The van der Waals surface area contributed by atoms with Crippen LogP contribution in [0.25, 0.3) is 44.6 Å². The van der Waals surface area contributed by atoms with Gasteiger partial charge in [0.1, 0.15) is 53.0 Å². The predicted molar refractivity (Wildman–Crippen MR) is 330 cm³/mol. The van der Waals surface area contributed by atoms with Gasteiger partial charge >= 0.3 is 0 Å². The highest BCUT2D eigenvalue weighted by atomic mass is 35.5. The van der Waals surface area contributed by atoms with E-state index in [4.69, 9.17) is 52.6 Å². The number of ether oxygens (including phenoxy) is 2. The van der Waals surface area contributed by atoms with Crippen molar-refractivity contribution in [2.24, 2.45) is 0 Å². The summed E-state index contributed by atoms with van der Waals surface area (Å²) in [6.07, 6.45) is 12.3. The number of nitrogens with two attached hydrogens (primary N) is 2. The maximum Gasteiger partial charge on any atom is 0.300 e. The third-order valence-electron chi connectivity index (χ3n) is 17.0. The molecule has 4 saturated heterocycles. The first-order chi connectivity index (χ1) is 40.8. The first kappa shape index (κ1) is 59.5. The van der Waals surface area contributed by atoms with Crippen LogP contribution in [-0.2, 0) is 17.9 Å². The Labute approximate surface area is 495 Å². The van der Waals surface area contributed by atoms with Crippen molar-refractivity contribution in [2.75, 3.05) is 103 Å². The zero-order chi connectivity index (χ0) is 58.9. The molecule has 0 unspecified atom stereocenters.